The first-order chi connectivity index (χ1) is 9.39. The Morgan fingerprint density at radius 2 is 2.05 bits per heavy atom. The second-order valence-corrected chi connectivity index (χ2v) is 5.84. The molecule has 0 amide bonds. The van der Waals surface area contributed by atoms with Crippen molar-refractivity contribution in [3.05, 3.63) is 16.8 Å². The molecule has 20 heavy (non-hydrogen) atoms. The van der Waals surface area contributed by atoms with Crippen LogP contribution in [0.4, 0.5) is 19.0 Å². The molecule has 0 aliphatic carbocycles. The van der Waals surface area contributed by atoms with Crippen molar-refractivity contribution in [2.24, 2.45) is 0 Å². The monoisotopic (exact) mass is 303 g/mol. The lowest BCUT2D eigenvalue weighted by atomic mass is 10.2. The van der Waals surface area contributed by atoms with Gasteiger partial charge in [0, 0.05) is 17.8 Å². The summed E-state index contributed by atoms with van der Waals surface area (Å²) < 4.78 is 36.9. The van der Waals surface area contributed by atoms with Crippen LogP contribution in [-0.2, 0) is 6.42 Å². The number of fused-ring (bicyclic) bond motifs is 1. The summed E-state index contributed by atoms with van der Waals surface area (Å²) >= 11 is 1.47. The van der Waals surface area contributed by atoms with E-state index in [1.54, 1.807) is 0 Å². The zero-order valence-corrected chi connectivity index (χ0v) is 12.2. The van der Waals surface area contributed by atoms with Gasteiger partial charge in [-0.2, -0.15) is 13.2 Å². The van der Waals surface area contributed by atoms with E-state index < -0.39 is 12.6 Å². The van der Waals surface area contributed by atoms with E-state index in [0.29, 0.717) is 5.82 Å². The van der Waals surface area contributed by atoms with Crippen LogP contribution in [0.3, 0.4) is 0 Å². The number of halogens is 3. The Morgan fingerprint density at radius 1 is 1.30 bits per heavy atom. The first-order valence-electron chi connectivity index (χ1n) is 6.46. The molecule has 2 aromatic rings. The average Bonchev–Trinajstić information content (AvgIpc) is 2.73. The van der Waals surface area contributed by atoms with Crippen molar-refractivity contribution in [1.82, 2.24) is 9.97 Å². The number of nitrogens with zero attached hydrogens (tertiary/aromatic N) is 2. The van der Waals surface area contributed by atoms with Crippen LogP contribution in [0.5, 0.6) is 0 Å². The second-order valence-electron chi connectivity index (χ2n) is 4.61. The van der Waals surface area contributed by atoms with Crippen LogP contribution in [0.1, 0.15) is 30.5 Å². The fourth-order valence-corrected chi connectivity index (χ4v) is 2.73. The first-order valence-corrected chi connectivity index (χ1v) is 7.28. The molecule has 0 aliphatic rings. The van der Waals surface area contributed by atoms with Crippen molar-refractivity contribution in [2.75, 3.05) is 11.9 Å². The standard InChI is InChI=1S/C13H16F3N3S/c1-3-6-17-11-9-7-8(2)20-12(9)19-10(18-11)4-5-13(14,15)16/h7H,3-6H2,1-2H3,(H,17,18,19). The molecule has 0 saturated carbocycles. The minimum absolute atomic E-state index is 0.183. The van der Waals surface area contributed by atoms with Crippen LogP contribution in [0, 0.1) is 6.92 Å². The highest BCUT2D eigenvalue weighted by molar-refractivity contribution is 7.18. The topological polar surface area (TPSA) is 37.8 Å². The number of aromatic nitrogens is 2. The summed E-state index contributed by atoms with van der Waals surface area (Å²) in [6.07, 6.45) is -4.33. The Bertz CT molecular complexity index is 592. The van der Waals surface area contributed by atoms with Crippen molar-refractivity contribution in [1.29, 1.82) is 0 Å². The highest BCUT2D eigenvalue weighted by Crippen LogP contribution is 2.29. The molecule has 2 heterocycles. The Kier molecular flexibility index (Phi) is 4.47. The molecular formula is C13H16F3N3S. The lowest BCUT2D eigenvalue weighted by molar-refractivity contribution is -0.134. The predicted octanol–water partition coefficient (Wildman–Crippen LogP) is 4.32. The molecule has 110 valence electrons. The normalized spacial score (nSPS) is 12.1. The summed E-state index contributed by atoms with van der Waals surface area (Å²) in [5.74, 6) is 0.883. The highest BCUT2D eigenvalue weighted by atomic mass is 32.1. The van der Waals surface area contributed by atoms with Crippen LogP contribution in [0.15, 0.2) is 6.07 Å². The molecular weight excluding hydrogens is 287 g/mol. The summed E-state index contributed by atoms with van der Waals surface area (Å²) in [7, 11) is 0. The van der Waals surface area contributed by atoms with Crippen LogP contribution in [0.25, 0.3) is 10.2 Å². The Labute approximate surface area is 119 Å². The third-order valence-corrected chi connectivity index (χ3v) is 3.68. The molecule has 7 heteroatoms. The number of anilines is 1. The van der Waals surface area contributed by atoms with Gasteiger partial charge in [0.1, 0.15) is 16.5 Å². The molecule has 0 unspecified atom stereocenters. The van der Waals surface area contributed by atoms with E-state index in [2.05, 4.69) is 15.3 Å². The van der Waals surface area contributed by atoms with E-state index >= 15 is 0 Å². The van der Waals surface area contributed by atoms with E-state index in [-0.39, 0.29) is 12.2 Å². The summed E-state index contributed by atoms with van der Waals surface area (Å²) in [5.41, 5.74) is 0. The lowest BCUT2D eigenvalue weighted by Gasteiger charge is -2.09. The maximum atomic E-state index is 12.3. The molecule has 2 rings (SSSR count). The van der Waals surface area contributed by atoms with Crippen molar-refractivity contribution in [2.45, 2.75) is 39.3 Å². The predicted molar refractivity (Wildman–Crippen MR) is 75.3 cm³/mol. The van der Waals surface area contributed by atoms with Crippen molar-refractivity contribution in [3.63, 3.8) is 0 Å². The molecule has 2 aromatic heterocycles. The molecule has 0 aromatic carbocycles. The Hall–Kier alpha value is -1.37. The molecule has 0 bridgehead atoms. The van der Waals surface area contributed by atoms with Gasteiger partial charge in [0.15, 0.2) is 0 Å². The van der Waals surface area contributed by atoms with E-state index in [0.717, 1.165) is 28.1 Å². The van der Waals surface area contributed by atoms with Gasteiger partial charge in [0.2, 0.25) is 0 Å². The van der Waals surface area contributed by atoms with E-state index in [1.807, 2.05) is 19.9 Å². The summed E-state index contributed by atoms with van der Waals surface area (Å²) in [5, 5.41) is 4.05. The molecule has 0 atom stereocenters. The molecule has 0 radical (unpaired) electrons. The van der Waals surface area contributed by atoms with Crippen LogP contribution < -0.4 is 5.32 Å². The maximum absolute atomic E-state index is 12.3. The SMILES string of the molecule is CCCNc1nc(CCC(F)(F)F)nc2sc(C)cc12. The van der Waals surface area contributed by atoms with Crippen LogP contribution in [0.2, 0.25) is 0 Å². The maximum Gasteiger partial charge on any atom is 0.389 e. The third kappa shape index (κ3) is 3.82. The third-order valence-electron chi connectivity index (χ3n) is 2.74. The lowest BCUT2D eigenvalue weighted by Crippen LogP contribution is -2.11. The molecule has 0 spiro atoms. The summed E-state index contributed by atoms with van der Waals surface area (Å²) in [6, 6.07) is 1.96. The van der Waals surface area contributed by atoms with Gasteiger partial charge in [-0.3, -0.25) is 0 Å². The van der Waals surface area contributed by atoms with Crippen LogP contribution >= 0.6 is 11.3 Å². The van der Waals surface area contributed by atoms with Gasteiger partial charge in [-0.1, -0.05) is 6.92 Å². The quantitative estimate of drug-likeness (QED) is 0.894. The summed E-state index contributed by atoms with van der Waals surface area (Å²) in [6.45, 7) is 4.71. The smallest absolute Gasteiger partial charge is 0.369 e. The van der Waals surface area contributed by atoms with Crippen LogP contribution in [-0.4, -0.2) is 22.7 Å². The number of nitrogens with one attached hydrogen (secondary N) is 1. The van der Waals surface area contributed by atoms with Crippen molar-refractivity contribution >= 4 is 27.4 Å². The molecule has 0 aliphatic heterocycles. The highest BCUT2D eigenvalue weighted by Gasteiger charge is 2.27. The molecule has 0 saturated heterocycles. The van der Waals surface area contributed by atoms with E-state index in [4.69, 9.17) is 0 Å². The number of thiophene rings is 1. The van der Waals surface area contributed by atoms with Gasteiger partial charge < -0.3 is 5.32 Å². The second kappa shape index (κ2) is 5.95. The van der Waals surface area contributed by atoms with Gasteiger partial charge >= 0.3 is 6.18 Å². The number of hydrogen-bond donors (Lipinski definition) is 1. The minimum Gasteiger partial charge on any atom is -0.369 e. The fraction of sp³-hybridized carbons (Fsp3) is 0.538. The minimum atomic E-state index is -4.18. The van der Waals surface area contributed by atoms with Crippen molar-refractivity contribution in [3.8, 4) is 0 Å². The van der Waals surface area contributed by atoms with Gasteiger partial charge in [-0.05, 0) is 19.4 Å². The molecule has 1 N–H and O–H groups in total. The Morgan fingerprint density at radius 3 is 2.70 bits per heavy atom. The van der Waals surface area contributed by atoms with Gasteiger partial charge in [-0.25, -0.2) is 9.97 Å². The van der Waals surface area contributed by atoms with Gasteiger partial charge in [-0.15, -0.1) is 11.3 Å². The fourth-order valence-electron chi connectivity index (χ4n) is 1.83. The van der Waals surface area contributed by atoms with Gasteiger partial charge in [0.05, 0.1) is 11.8 Å². The first kappa shape index (κ1) is 15.0. The zero-order chi connectivity index (χ0) is 14.8. The molecule has 0 fully saturated rings. The largest absolute Gasteiger partial charge is 0.389 e. The molecule has 3 nitrogen and oxygen atoms in total. The van der Waals surface area contributed by atoms with E-state index in [9.17, 15) is 13.2 Å². The number of alkyl halides is 3. The Balaban J connectivity index is 2.31. The number of hydrogen-bond acceptors (Lipinski definition) is 4. The number of aryl methyl sites for hydroxylation is 2. The van der Waals surface area contributed by atoms with Crippen molar-refractivity contribution < 1.29 is 13.2 Å². The summed E-state index contributed by atoms with van der Waals surface area (Å²) in [4.78, 5) is 10.3. The van der Waals surface area contributed by atoms with Gasteiger partial charge in [0.25, 0.3) is 0 Å². The average molecular weight is 303 g/mol. The number of rotatable bonds is 5. The zero-order valence-electron chi connectivity index (χ0n) is 11.3. The van der Waals surface area contributed by atoms with E-state index in [1.165, 1.54) is 11.3 Å².